The van der Waals surface area contributed by atoms with Crippen LogP contribution in [0.15, 0.2) is 36.4 Å². The van der Waals surface area contributed by atoms with Crippen molar-refractivity contribution in [2.45, 2.75) is 25.9 Å². The molecule has 20 heavy (non-hydrogen) atoms. The van der Waals surface area contributed by atoms with E-state index in [9.17, 15) is 0 Å². The lowest BCUT2D eigenvalue weighted by Crippen LogP contribution is -2.32. The van der Waals surface area contributed by atoms with Crippen LogP contribution in [-0.2, 0) is 0 Å². The lowest BCUT2D eigenvalue weighted by Gasteiger charge is -2.32. The summed E-state index contributed by atoms with van der Waals surface area (Å²) in [6.07, 6.45) is 0. The molecule has 0 amide bonds. The van der Waals surface area contributed by atoms with E-state index in [-0.39, 0.29) is 12.1 Å². The van der Waals surface area contributed by atoms with Gasteiger partial charge >= 0.3 is 0 Å². The number of nitrogens with two attached hydrogens (primary N) is 1. The molecule has 0 spiro atoms. The summed E-state index contributed by atoms with van der Waals surface area (Å²) in [7, 11) is 2.12. The van der Waals surface area contributed by atoms with Crippen molar-refractivity contribution in [3.63, 3.8) is 0 Å². The maximum Gasteiger partial charge on any atom is 0.0566 e. The number of hydrogen-bond donors (Lipinski definition) is 1. The van der Waals surface area contributed by atoms with E-state index in [4.69, 9.17) is 17.3 Å². The van der Waals surface area contributed by atoms with Crippen molar-refractivity contribution in [1.29, 1.82) is 0 Å². The molecule has 108 valence electrons. The highest BCUT2D eigenvalue weighted by Crippen LogP contribution is 2.32. The van der Waals surface area contributed by atoms with E-state index in [0.717, 1.165) is 5.02 Å². The second-order valence-electron chi connectivity index (χ2n) is 5.10. The number of halogens is 1. The fourth-order valence-electron chi connectivity index (χ4n) is 2.39. The van der Waals surface area contributed by atoms with Crippen LogP contribution in [-0.4, -0.2) is 18.5 Å². The van der Waals surface area contributed by atoms with Crippen LogP contribution in [0.1, 0.15) is 34.3 Å². The highest BCUT2D eigenvalue weighted by molar-refractivity contribution is 7.12. The molecule has 0 fully saturated rings. The van der Waals surface area contributed by atoms with Crippen molar-refractivity contribution in [1.82, 2.24) is 4.90 Å². The van der Waals surface area contributed by atoms with Gasteiger partial charge in [-0.25, -0.2) is 0 Å². The quantitative estimate of drug-likeness (QED) is 0.887. The summed E-state index contributed by atoms with van der Waals surface area (Å²) in [5.41, 5.74) is 7.21. The third-order valence-corrected chi connectivity index (χ3v) is 5.08. The van der Waals surface area contributed by atoms with E-state index < -0.39 is 0 Å². The first-order valence-corrected chi connectivity index (χ1v) is 7.96. The molecule has 1 aromatic heterocycles. The lowest BCUT2D eigenvalue weighted by molar-refractivity contribution is 0.193. The minimum absolute atomic E-state index is 0.239. The predicted octanol–water partition coefficient (Wildman–Crippen LogP) is 4.40. The molecular formula is C16H21ClN2S. The van der Waals surface area contributed by atoms with Crippen molar-refractivity contribution >= 4 is 22.9 Å². The molecule has 2 rings (SSSR count). The Labute approximate surface area is 130 Å². The van der Waals surface area contributed by atoms with Crippen LogP contribution in [0, 0.1) is 6.92 Å². The highest BCUT2D eigenvalue weighted by atomic mass is 35.5. The number of hydrogen-bond acceptors (Lipinski definition) is 3. The molecule has 0 aliphatic heterocycles. The summed E-state index contributed by atoms with van der Waals surface area (Å²) in [5.74, 6) is 0. The summed E-state index contributed by atoms with van der Waals surface area (Å²) in [6.45, 7) is 4.93. The molecule has 0 saturated heterocycles. The normalized spacial score (nSPS) is 14.5. The van der Waals surface area contributed by atoms with Crippen molar-refractivity contribution in [3.8, 4) is 0 Å². The lowest BCUT2D eigenvalue weighted by atomic mass is 10.0. The second kappa shape index (κ2) is 6.72. The molecular weight excluding hydrogens is 288 g/mol. The van der Waals surface area contributed by atoms with Crippen molar-refractivity contribution < 1.29 is 0 Å². The summed E-state index contributed by atoms with van der Waals surface area (Å²) >= 11 is 7.90. The number of thiophene rings is 1. The third kappa shape index (κ3) is 3.41. The first-order valence-electron chi connectivity index (χ1n) is 6.76. The zero-order valence-corrected chi connectivity index (χ0v) is 13.7. The van der Waals surface area contributed by atoms with Crippen molar-refractivity contribution in [2.24, 2.45) is 5.73 Å². The smallest absolute Gasteiger partial charge is 0.0566 e. The molecule has 0 saturated carbocycles. The van der Waals surface area contributed by atoms with Gasteiger partial charge in [0, 0.05) is 27.4 Å². The number of nitrogens with zero attached hydrogens (tertiary/aromatic N) is 1. The molecule has 0 radical (unpaired) electrons. The van der Waals surface area contributed by atoms with Gasteiger partial charge in [-0.3, -0.25) is 4.90 Å². The summed E-state index contributed by atoms with van der Waals surface area (Å²) in [4.78, 5) is 4.96. The molecule has 1 aromatic carbocycles. The minimum atomic E-state index is 0.239. The van der Waals surface area contributed by atoms with E-state index in [1.807, 2.05) is 29.5 Å². The summed E-state index contributed by atoms with van der Waals surface area (Å²) in [5, 5.41) is 0.777. The molecule has 0 aliphatic carbocycles. The van der Waals surface area contributed by atoms with Gasteiger partial charge in [-0.1, -0.05) is 23.7 Å². The minimum Gasteiger partial charge on any atom is -0.329 e. The van der Waals surface area contributed by atoms with Crippen LogP contribution >= 0.6 is 22.9 Å². The van der Waals surface area contributed by atoms with Gasteiger partial charge in [-0.2, -0.15) is 0 Å². The Morgan fingerprint density at radius 1 is 1.30 bits per heavy atom. The Hall–Kier alpha value is -0.870. The summed E-state index contributed by atoms with van der Waals surface area (Å²) in [6, 6.07) is 12.9. The van der Waals surface area contributed by atoms with Gasteiger partial charge in [-0.15, -0.1) is 11.3 Å². The number of likely N-dealkylation sites (N-methyl/N-ethyl adjacent to an activating group) is 1. The Bertz CT molecular complexity index is 567. The largest absolute Gasteiger partial charge is 0.329 e. The monoisotopic (exact) mass is 308 g/mol. The molecule has 0 bridgehead atoms. The van der Waals surface area contributed by atoms with Crippen LogP contribution in [0.2, 0.25) is 5.02 Å². The Morgan fingerprint density at radius 2 is 2.05 bits per heavy atom. The predicted molar refractivity (Wildman–Crippen MR) is 88.5 cm³/mol. The molecule has 2 N–H and O–H groups in total. The zero-order valence-electron chi connectivity index (χ0n) is 12.1. The fraction of sp³-hybridized carbons (Fsp3) is 0.375. The van der Waals surface area contributed by atoms with Crippen LogP contribution in [0.5, 0.6) is 0 Å². The fourth-order valence-corrected chi connectivity index (χ4v) is 3.63. The highest BCUT2D eigenvalue weighted by Gasteiger charge is 2.22. The molecule has 0 aliphatic rings. The second-order valence-corrected chi connectivity index (χ2v) is 6.85. The SMILES string of the molecule is Cc1ccc(C(CN)N(C)C(C)c2cccc(Cl)c2)s1. The average Bonchev–Trinajstić information content (AvgIpc) is 2.85. The Morgan fingerprint density at radius 3 is 2.60 bits per heavy atom. The Kier molecular flexibility index (Phi) is 5.22. The van der Waals surface area contributed by atoms with Gasteiger partial charge in [0.2, 0.25) is 0 Å². The van der Waals surface area contributed by atoms with Gasteiger partial charge < -0.3 is 5.73 Å². The zero-order chi connectivity index (χ0) is 14.7. The topological polar surface area (TPSA) is 29.3 Å². The molecule has 2 nitrogen and oxygen atoms in total. The summed E-state index contributed by atoms with van der Waals surface area (Å²) < 4.78 is 0. The van der Waals surface area contributed by atoms with Crippen LogP contribution in [0.3, 0.4) is 0 Å². The van der Waals surface area contributed by atoms with Gasteiger partial charge in [0.1, 0.15) is 0 Å². The number of benzene rings is 1. The number of rotatable bonds is 5. The molecule has 2 atom stereocenters. The van der Waals surface area contributed by atoms with Gasteiger partial charge in [0.05, 0.1) is 6.04 Å². The van der Waals surface area contributed by atoms with Gasteiger partial charge in [0.25, 0.3) is 0 Å². The van der Waals surface area contributed by atoms with Crippen molar-refractivity contribution in [2.75, 3.05) is 13.6 Å². The first-order chi connectivity index (χ1) is 9.52. The van der Waals surface area contributed by atoms with Crippen LogP contribution in [0.25, 0.3) is 0 Å². The van der Waals surface area contributed by atoms with E-state index >= 15 is 0 Å². The van der Waals surface area contributed by atoms with E-state index in [1.165, 1.54) is 15.3 Å². The number of aryl methyl sites for hydroxylation is 1. The Balaban J connectivity index is 2.22. The molecule has 1 heterocycles. The van der Waals surface area contributed by atoms with Crippen LogP contribution in [0.4, 0.5) is 0 Å². The average molecular weight is 309 g/mol. The van der Waals surface area contributed by atoms with E-state index in [2.05, 4.69) is 44.0 Å². The van der Waals surface area contributed by atoms with E-state index in [1.54, 1.807) is 0 Å². The first kappa shape index (κ1) is 15.5. The van der Waals surface area contributed by atoms with Crippen molar-refractivity contribution in [3.05, 3.63) is 56.7 Å². The third-order valence-electron chi connectivity index (χ3n) is 3.75. The van der Waals surface area contributed by atoms with E-state index in [0.29, 0.717) is 6.54 Å². The van der Waals surface area contributed by atoms with Crippen LogP contribution < -0.4 is 5.73 Å². The molecule has 2 unspecified atom stereocenters. The molecule has 2 aromatic rings. The standard InChI is InChI=1S/C16H21ClN2S/c1-11-7-8-16(20-11)15(10-18)19(3)12(2)13-5-4-6-14(17)9-13/h4-9,12,15H,10,18H2,1-3H3. The molecule has 4 heteroatoms. The van der Waals surface area contributed by atoms with Gasteiger partial charge in [0.15, 0.2) is 0 Å². The van der Waals surface area contributed by atoms with Gasteiger partial charge in [-0.05, 0) is 50.7 Å². The maximum atomic E-state index is 6.09. The maximum absolute atomic E-state index is 6.09.